The van der Waals surface area contributed by atoms with Gasteiger partial charge in [0.15, 0.2) is 0 Å². The molecule has 0 aromatic heterocycles. The second kappa shape index (κ2) is 9.39. The molecule has 1 fully saturated rings. The van der Waals surface area contributed by atoms with Crippen LogP contribution in [0, 0.1) is 0 Å². The first-order valence-corrected chi connectivity index (χ1v) is 8.15. The maximum absolute atomic E-state index is 5.90. The van der Waals surface area contributed by atoms with E-state index < -0.39 is 0 Å². The fourth-order valence-electron chi connectivity index (χ4n) is 2.89. The summed E-state index contributed by atoms with van der Waals surface area (Å²) >= 11 is 0. The van der Waals surface area contributed by atoms with Crippen LogP contribution in [0.4, 0.5) is 0 Å². The summed E-state index contributed by atoms with van der Waals surface area (Å²) in [5.74, 6) is 0. The van der Waals surface area contributed by atoms with E-state index >= 15 is 0 Å². The van der Waals surface area contributed by atoms with Crippen LogP contribution in [0.3, 0.4) is 0 Å². The lowest BCUT2D eigenvalue weighted by Crippen LogP contribution is -2.28. The molecule has 1 aliphatic carbocycles. The van der Waals surface area contributed by atoms with E-state index in [2.05, 4.69) is 25.7 Å². The number of hydrogen-bond donors (Lipinski definition) is 0. The Bertz CT molecular complexity index is 281. The number of methoxy groups -OCH3 is 1. The minimum Gasteiger partial charge on any atom is -0.374 e. The molecule has 1 nitrogen and oxygen atoms in total. The highest BCUT2D eigenvalue weighted by Gasteiger charge is 2.25. The van der Waals surface area contributed by atoms with Gasteiger partial charge in [-0.3, -0.25) is 0 Å². The molecular weight excluding hydrogens is 232 g/mol. The molecule has 0 aromatic rings. The fraction of sp³-hybridized carbons (Fsp3) is 0.833. The van der Waals surface area contributed by atoms with E-state index in [-0.39, 0.29) is 5.60 Å². The van der Waals surface area contributed by atoms with Crippen LogP contribution in [0.1, 0.15) is 84.5 Å². The van der Waals surface area contributed by atoms with E-state index in [1.165, 1.54) is 63.4 Å². The van der Waals surface area contributed by atoms with E-state index in [4.69, 9.17) is 4.74 Å². The van der Waals surface area contributed by atoms with Crippen LogP contribution in [0.5, 0.6) is 0 Å². The molecule has 0 aliphatic heterocycles. The lowest BCUT2D eigenvalue weighted by molar-refractivity contribution is 0.0134. The van der Waals surface area contributed by atoms with Crippen LogP contribution in [0.25, 0.3) is 0 Å². The van der Waals surface area contributed by atoms with Crippen molar-refractivity contribution in [3.05, 3.63) is 17.4 Å². The molecule has 0 radical (unpaired) electrons. The average Bonchev–Trinajstić information content (AvgIpc) is 2.39. The van der Waals surface area contributed by atoms with Crippen molar-refractivity contribution in [3.63, 3.8) is 0 Å². The van der Waals surface area contributed by atoms with Crippen LogP contribution in [0.2, 0.25) is 0 Å². The average molecular weight is 264 g/mol. The Morgan fingerprint density at radius 2 is 1.26 bits per heavy atom. The highest BCUT2D eigenvalue weighted by Crippen LogP contribution is 2.29. The molecule has 0 aromatic carbocycles. The molecule has 1 saturated carbocycles. The predicted octanol–water partition coefficient (Wildman–Crippen LogP) is 5.80. The molecule has 0 spiro atoms. The van der Waals surface area contributed by atoms with Crippen LogP contribution < -0.4 is 0 Å². The van der Waals surface area contributed by atoms with E-state index in [0.29, 0.717) is 0 Å². The fourth-order valence-corrected chi connectivity index (χ4v) is 2.89. The first-order valence-electron chi connectivity index (χ1n) is 8.15. The van der Waals surface area contributed by atoms with Crippen molar-refractivity contribution in [1.29, 1.82) is 0 Å². The third kappa shape index (κ3) is 6.99. The van der Waals surface area contributed by atoms with E-state index in [1.807, 2.05) is 7.11 Å². The van der Waals surface area contributed by atoms with Gasteiger partial charge in [0.25, 0.3) is 0 Å². The van der Waals surface area contributed by atoms with Gasteiger partial charge in [0.1, 0.15) is 0 Å². The van der Waals surface area contributed by atoms with E-state index in [9.17, 15) is 0 Å². The summed E-state index contributed by atoms with van der Waals surface area (Å²) < 4.78 is 5.90. The smallest absolute Gasteiger partial charge is 0.0931 e. The zero-order valence-corrected chi connectivity index (χ0v) is 13.3. The normalized spacial score (nSPS) is 21.6. The zero-order valence-electron chi connectivity index (χ0n) is 13.3. The molecule has 110 valence electrons. The summed E-state index contributed by atoms with van der Waals surface area (Å²) in [6, 6.07) is 0. The second-order valence-electron chi connectivity index (χ2n) is 6.24. The largest absolute Gasteiger partial charge is 0.374 e. The monoisotopic (exact) mass is 264 g/mol. The molecule has 1 aliphatic rings. The van der Waals surface area contributed by atoms with Crippen molar-refractivity contribution in [1.82, 2.24) is 0 Å². The molecule has 0 bridgehead atoms. The third-order valence-electron chi connectivity index (χ3n) is 4.23. The maximum atomic E-state index is 5.90. The van der Waals surface area contributed by atoms with Gasteiger partial charge in [-0.05, 0) is 38.3 Å². The molecule has 0 unspecified atom stereocenters. The first kappa shape index (κ1) is 16.5. The van der Waals surface area contributed by atoms with Crippen LogP contribution >= 0.6 is 0 Å². The van der Waals surface area contributed by atoms with E-state index in [1.54, 1.807) is 0 Å². The topological polar surface area (TPSA) is 9.23 Å². The Labute approximate surface area is 120 Å². The minimum absolute atomic E-state index is 0.0591. The number of ether oxygens (including phenoxy) is 1. The Morgan fingerprint density at radius 3 is 1.63 bits per heavy atom. The summed E-state index contributed by atoms with van der Waals surface area (Å²) in [6.45, 7) is 4.21. The summed E-state index contributed by atoms with van der Waals surface area (Å²) in [5, 5.41) is 0. The van der Waals surface area contributed by atoms with Gasteiger partial charge in [0.2, 0.25) is 0 Å². The SMILES string of the molecule is COC1(C=C=C(C)C)CCCCCCCCCCC1. The van der Waals surface area contributed by atoms with Crippen LogP contribution in [0.15, 0.2) is 17.4 Å². The summed E-state index contributed by atoms with van der Waals surface area (Å²) in [5.41, 5.74) is 4.57. The lowest BCUT2D eigenvalue weighted by atomic mass is 9.88. The van der Waals surface area contributed by atoms with Crippen molar-refractivity contribution in [2.45, 2.75) is 90.1 Å². The van der Waals surface area contributed by atoms with Crippen LogP contribution in [-0.4, -0.2) is 12.7 Å². The van der Waals surface area contributed by atoms with Gasteiger partial charge in [-0.25, -0.2) is 0 Å². The summed E-state index contributed by atoms with van der Waals surface area (Å²) in [7, 11) is 1.87. The molecular formula is C18H32O. The molecule has 19 heavy (non-hydrogen) atoms. The van der Waals surface area contributed by atoms with Crippen molar-refractivity contribution in [2.24, 2.45) is 0 Å². The predicted molar refractivity (Wildman–Crippen MR) is 83.5 cm³/mol. The van der Waals surface area contributed by atoms with E-state index in [0.717, 1.165) is 12.8 Å². The molecule has 0 amide bonds. The van der Waals surface area contributed by atoms with Crippen molar-refractivity contribution in [2.75, 3.05) is 7.11 Å². The van der Waals surface area contributed by atoms with Crippen molar-refractivity contribution in [3.8, 4) is 0 Å². The number of hydrogen-bond acceptors (Lipinski definition) is 1. The molecule has 0 N–H and O–H groups in total. The standard InChI is InChI=1S/C18H32O/c1-17(2)13-16-18(19-3)14-11-9-7-5-4-6-8-10-12-15-18/h16H,4-12,14-15H2,1-3H3. The molecule has 0 heterocycles. The summed E-state index contributed by atoms with van der Waals surface area (Å²) in [6.07, 6.45) is 16.9. The van der Waals surface area contributed by atoms with Gasteiger partial charge in [0, 0.05) is 7.11 Å². The minimum atomic E-state index is -0.0591. The first-order chi connectivity index (χ1) is 9.18. The van der Waals surface area contributed by atoms with Gasteiger partial charge in [-0.15, -0.1) is 5.73 Å². The van der Waals surface area contributed by atoms with Gasteiger partial charge in [0.05, 0.1) is 5.60 Å². The third-order valence-corrected chi connectivity index (χ3v) is 4.23. The van der Waals surface area contributed by atoms with Gasteiger partial charge in [-0.1, -0.05) is 57.8 Å². The zero-order chi connectivity index (χ0) is 14.0. The second-order valence-corrected chi connectivity index (χ2v) is 6.24. The maximum Gasteiger partial charge on any atom is 0.0931 e. The molecule has 0 atom stereocenters. The molecule has 0 saturated heterocycles. The number of rotatable bonds is 2. The lowest BCUT2D eigenvalue weighted by Gasteiger charge is -2.29. The van der Waals surface area contributed by atoms with Gasteiger partial charge < -0.3 is 4.74 Å². The summed E-state index contributed by atoms with van der Waals surface area (Å²) in [4.78, 5) is 0. The van der Waals surface area contributed by atoms with Crippen LogP contribution in [-0.2, 0) is 4.74 Å². The molecule has 1 rings (SSSR count). The van der Waals surface area contributed by atoms with Gasteiger partial charge >= 0.3 is 0 Å². The van der Waals surface area contributed by atoms with Gasteiger partial charge in [-0.2, -0.15) is 0 Å². The van der Waals surface area contributed by atoms with Crippen molar-refractivity contribution >= 4 is 0 Å². The quantitative estimate of drug-likeness (QED) is 0.573. The Hall–Kier alpha value is -0.520. The van der Waals surface area contributed by atoms with Crippen molar-refractivity contribution < 1.29 is 4.74 Å². The molecule has 1 heteroatoms. The highest BCUT2D eigenvalue weighted by molar-refractivity contribution is 5.05. The Kier molecular flexibility index (Phi) is 8.18. The Balaban J connectivity index is 2.68. The Morgan fingerprint density at radius 1 is 0.842 bits per heavy atom. The highest BCUT2D eigenvalue weighted by atomic mass is 16.5.